The van der Waals surface area contributed by atoms with Gasteiger partial charge in [0.15, 0.2) is 5.03 Å². The van der Waals surface area contributed by atoms with Gasteiger partial charge in [-0.25, -0.2) is 18.1 Å². The number of hydrogen-bond donors (Lipinski definition) is 2. The molecule has 0 aromatic carbocycles. The molecule has 1 aliphatic rings. The summed E-state index contributed by atoms with van der Waals surface area (Å²) in [7, 11) is -2.06. The maximum Gasteiger partial charge on any atom is 0.260 e. The van der Waals surface area contributed by atoms with Crippen LogP contribution < -0.4 is 10.5 Å². The number of carbonyl (C=O) groups excluding carboxylic acids is 1. The molecule has 1 fully saturated rings. The fraction of sp³-hybridized carbons (Fsp3) is 0.692. The van der Waals surface area contributed by atoms with Gasteiger partial charge in [-0.3, -0.25) is 4.79 Å². The fourth-order valence-electron chi connectivity index (χ4n) is 2.40. The largest absolute Gasteiger partial charge is 0.341 e. The lowest BCUT2D eigenvalue weighted by Crippen LogP contribution is -2.40. The molecule has 8 nitrogen and oxygen atoms in total. The Hall–Kier alpha value is -1.45. The molecule has 1 atom stereocenters. The summed E-state index contributed by atoms with van der Waals surface area (Å²) in [6, 6.07) is 0. The molecule has 1 unspecified atom stereocenters. The first-order valence-corrected chi connectivity index (χ1v) is 8.63. The van der Waals surface area contributed by atoms with Crippen molar-refractivity contribution in [2.45, 2.75) is 25.3 Å². The molecule has 2 rings (SSSR count). The molecular weight excluding hydrogens is 306 g/mol. The maximum atomic E-state index is 12.1. The second-order valence-corrected chi connectivity index (χ2v) is 7.86. The highest BCUT2D eigenvalue weighted by Crippen LogP contribution is 2.28. The van der Waals surface area contributed by atoms with Crippen molar-refractivity contribution >= 4 is 15.9 Å². The van der Waals surface area contributed by atoms with Crippen LogP contribution in [0.15, 0.2) is 11.2 Å². The number of imidazole rings is 1. The molecule has 1 amide bonds. The van der Waals surface area contributed by atoms with Crippen LogP contribution in [0.1, 0.15) is 19.2 Å². The summed E-state index contributed by atoms with van der Waals surface area (Å²) in [5.41, 5.74) is 5.63. The fourth-order valence-corrected chi connectivity index (χ4v) is 3.41. The summed E-state index contributed by atoms with van der Waals surface area (Å²) in [6.07, 6.45) is 2.25. The van der Waals surface area contributed by atoms with Crippen LogP contribution >= 0.6 is 0 Å². The first kappa shape index (κ1) is 16.9. The van der Waals surface area contributed by atoms with E-state index in [1.54, 1.807) is 23.4 Å². The molecule has 9 heteroatoms. The summed E-state index contributed by atoms with van der Waals surface area (Å²) >= 11 is 0. The Balaban J connectivity index is 1.96. The van der Waals surface area contributed by atoms with Gasteiger partial charge in [0, 0.05) is 26.3 Å². The Labute approximate surface area is 130 Å². The third-order valence-electron chi connectivity index (χ3n) is 4.18. The number of aromatic nitrogens is 2. The van der Waals surface area contributed by atoms with Gasteiger partial charge in [0.2, 0.25) is 5.91 Å². The summed E-state index contributed by atoms with van der Waals surface area (Å²) < 4.78 is 28.2. The summed E-state index contributed by atoms with van der Waals surface area (Å²) in [6.45, 7) is 5.15. The highest BCUT2D eigenvalue weighted by Gasteiger charge is 2.35. The first-order chi connectivity index (χ1) is 10.2. The van der Waals surface area contributed by atoms with Crippen molar-refractivity contribution in [2.24, 2.45) is 18.2 Å². The van der Waals surface area contributed by atoms with Crippen molar-refractivity contribution in [3.8, 4) is 0 Å². The number of nitrogens with zero attached hydrogens (tertiary/aromatic N) is 3. The molecular formula is C13H23N5O3S. The van der Waals surface area contributed by atoms with Crippen LogP contribution in [0.25, 0.3) is 0 Å². The number of nitrogens with one attached hydrogen (secondary N) is 1. The topological polar surface area (TPSA) is 110 Å². The van der Waals surface area contributed by atoms with Crippen LogP contribution in [0, 0.1) is 12.3 Å². The van der Waals surface area contributed by atoms with Crippen LogP contribution in [-0.2, 0) is 21.9 Å². The molecule has 0 bridgehead atoms. The number of aryl methyl sites for hydroxylation is 2. The first-order valence-electron chi connectivity index (χ1n) is 7.14. The molecule has 1 aromatic heterocycles. The Morgan fingerprint density at radius 3 is 2.73 bits per heavy atom. The van der Waals surface area contributed by atoms with Crippen molar-refractivity contribution < 1.29 is 13.2 Å². The summed E-state index contributed by atoms with van der Waals surface area (Å²) in [4.78, 5) is 17.7. The normalized spacial score (nSPS) is 22.3. The number of rotatable bonds is 5. The van der Waals surface area contributed by atoms with Crippen molar-refractivity contribution in [2.75, 3.05) is 26.2 Å². The number of carbonyl (C=O) groups is 1. The highest BCUT2D eigenvalue weighted by molar-refractivity contribution is 7.89. The molecule has 1 aliphatic heterocycles. The van der Waals surface area contributed by atoms with E-state index in [-0.39, 0.29) is 22.9 Å². The molecule has 22 heavy (non-hydrogen) atoms. The van der Waals surface area contributed by atoms with Crippen molar-refractivity contribution in [3.63, 3.8) is 0 Å². The number of likely N-dealkylation sites (tertiary alicyclic amines) is 1. The Morgan fingerprint density at radius 1 is 1.55 bits per heavy atom. The molecule has 1 saturated heterocycles. The van der Waals surface area contributed by atoms with E-state index in [4.69, 9.17) is 5.73 Å². The minimum absolute atomic E-state index is 0.0754. The average molecular weight is 329 g/mol. The van der Waals surface area contributed by atoms with Crippen LogP contribution in [0.3, 0.4) is 0 Å². The van der Waals surface area contributed by atoms with Gasteiger partial charge < -0.3 is 15.2 Å². The van der Waals surface area contributed by atoms with Gasteiger partial charge in [-0.2, -0.15) is 0 Å². The van der Waals surface area contributed by atoms with Crippen LogP contribution in [0.4, 0.5) is 0 Å². The lowest BCUT2D eigenvalue weighted by Gasteiger charge is -2.22. The van der Waals surface area contributed by atoms with Gasteiger partial charge in [0.05, 0.1) is 6.54 Å². The van der Waals surface area contributed by atoms with E-state index >= 15 is 0 Å². The molecule has 2 heterocycles. The highest BCUT2D eigenvalue weighted by atomic mass is 32.2. The molecule has 0 radical (unpaired) electrons. The average Bonchev–Trinajstić information content (AvgIpc) is 3.02. The van der Waals surface area contributed by atoms with E-state index in [0.717, 1.165) is 6.42 Å². The van der Waals surface area contributed by atoms with Gasteiger partial charge in [0.25, 0.3) is 10.0 Å². The second kappa shape index (κ2) is 5.98. The van der Waals surface area contributed by atoms with E-state index < -0.39 is 10.0 Å². The zero-order valence-corrected chi connectivity index (χ0v) is 14.0. The van der Waals surface area contributed by atoms with Gasteiger partial charge in [-0.15, -0.1) is 0 Å². The monoisotopic (exact) mass is 329 g/mol. The Morgan fingerprint density at radius 2 is 2.23 bits per heavy atom. The summed E-state index contributed by atoms with van der Waals surface area (Å²) in [5.74, 6) is 0.346. The van der Waals surface area contributed by atoms with E-state index in [0.29, 0.717) is 25.5 Å². The van der Waals surface area contributed by atoms with Crippen LogP contribution in [0.5, 0.6) is 0 Å². The third kappa shape index (κ3) is 3.47. The van der Waals surface area contributed by atoms with E-state index in [2.05, 4.69) is 9.71 Å². The van der Waals surface area contributed by atoms with Crippen molar-refractivity contribution in [1.82, 2.24) is 19.2 Å². The van der Waals surface area contributed by atoms with E-state index in [9.17, 15) is 13.2 Å². The van der Waals surface area contributed by atoms with Crippen LogP contribution in [0.2, 0.25) is 0 Å². The van der Waals surface area contributed by atoms with E-state index in [1.165, 1.54) is 6.20 Å². The van der Waals surface area contributed by atoms with Crippen LogP contribution in [-0.4, -0.2) is 55.0 Å². The van der Waals surface area contributed by atoms with Gasteiger partial charge in [-0.1, -0.05) is 6.92 Å². The molecule has 124 valence electrons. The maximum absolute atomic E-state index is 12.1. The minimum Gasteiger partial charge on any atom is -0.341 e. The lowest BCUT2D eigenvalue weighted by molar-refractivity contribution is -0.129. The zero-order valence-electron chi connectivity index (χ0n) is 13.2. The molecule has 3 N–H and O–H groups in total. The SMILES string of the molecule is Cc1nc(S(=O)(=O)NCC(=O)N2CCC(C)(CN)C2)cn1C. The molecule has 0 saturated carbocycles. The van der Waals surface area contributed by atoms with Gasteiger partial charge >= 0.3 is 0 Å². The number of amides is 1. The smallest absolute Gasteiger partial charge is 0.260 e. The Kier molecular flexibility index (Phi) is 4.59. The molecule has 1 aromatic rings. The number of nitrogens with two attached hydrogens (primary N) is 1. The van der Waals surface area contributed by atoms with E-state index in [1.807, 2.05) is 6.92 Å². The lowest BCUT2D eigenvalue weighted by atomic mass is 9.90. The minimum atomic E-state index is -3.78. The van der Waals surface area contributed by atoms with Gasteiger partial charge in [-0.05, 0) is 25.3 Å². The standard InChI is InChI=1S/C13H23N5O3S/c1-10-16-11(7-17(10)3)22(20,21)15-6-12(19)18-5-4-13(2,8-14)9-18/h7,15H,4-6,8-9,14H2,1-3H3. The second-order valence-electron chi connectivity index (χ2n) is 6.14. The third-order valence-corrected chi connectivity index (χ3v) is 5.45. The summed E-state index contributed by atoms with van der Waals surface area (Å²) in [5, 5.41) is -0.0754. The number of sulfonamides is 1. The molecule has 0 spiro atoms. The number of hydrogen-bond acceptors (Lipinski definition) is 5. The van der Waals surface area contributed by atoms with Crippen molar-refractivity contribution in [1.29, 1.82) is 0 Å². The quantitative estimate of drug-likeness (QED) is 0.735. The predicted molar refractivity (Wildman–Crippen MR) is 81.5 cm³/mol. The van der Waals surface area contributed by atoms with Gasteiger partial charge in [0.1, 0.15) is 5.82 Å². The molecule has 0 aliphatic carbocycles. The predicted octanol–water partition coefficient (Wildman–Crippen LogP) is -0.796. The Bertz CT molecular complexity index is 650. The van der Waals surface area contributed by atoms with Crippen molar-refractivity contribution in [3.05, 3.63) is 12.0 Å². The zero-order chi connectivity index (χ0) is 16.5.